The Labute approximate surface area is 133 Å². The molecule has 0 spiro atoms. The molecule has 1 N–H and O–H groups in total. The molecule has 1 saturated carbocycles. The van der Waals surface area contributed by atoms with Crippen molar-refractivity contribution in [2.45, 2.75) is 57.7 Å². The van der Waals surface area contributed by atoms with Crippen molar-refractivity contribution < 1.29 is 5.11 Å². The lowest BCUT2D eigenvalue weighted by atomic mass is 10.0. The number of aromatic nitrogens is 2. The molecule has 0 bridgehead atoms. The normalized spacial score (nSPS) is 25.1. The Bertz CT molecular complexity index is 481. The van der Waals surface area contributed by atoms with E-state index in [9.17, 15) is 5.11 Å². The summed E-state index contributed by atoms with van der Waals surface area (Å²) in [5.74, 6) is 0. The van der Waals surface area contributed by atoms with Crippen LogP contribution in [-0.4, -0.2) is 63.0 Å². The van der Waals surface area contributed by atoms with Gasteiger partial charge < -0.3 is 5.11 Å². The molecule has 2 fully saturated rings. The third-order valence-corrected chi connectivity index (χ3v) is 5.38. The Hall–Kier alpha value is -0.910. The van der Waals surface area contributed by atoms with Gasteiger partial charge in [-0.05, 0) is 26.2 Å². The maximum absolute atomic E-state index is 9.44. The lowest BCUT2D eigenvalue weighted by Gasteiger charge is -2.44. The fourth-order valence-electron chi connectivity index (χ4n) is 4.24. The maximum Gasteiger partial charge on any atom is 0.0638 e. The summed E-state index contributed by atoms with van der Waals surface area (Å²) in [6.45, 7) is 6.73. The largest absolute Gasteiger partial charge is 0.396 e. The minimum atomic E-state index is 0.299. The molecule has 3 rings (SSSR count). The number of aliphatic hydroxyl groups excluding tert-OH is 1. The summed E-state index contributed by atoms with van der Waals surface area (Å²) in [6.07, 6.45) is 8.50. The SMILES string of the molecule is Cc1nn(C)cc1CN1CCN(C2CCCC2)[C@H](CCO)C1. The summed E-state index contributed by atoms with van der Waals surface area (Å²) >= 11 is 0. The minimum absolute atomic E-state index is 0.299. The van der Waals surface area contributed by atoms with Crippen molar-refractivity contribution in [2.75, 3.05) is 26.2 Å². The van der Waals surface area contributed by atoms with Crippen molar-refractivity contribution in [3.8, 4) is 0 Å². The summed E-state index contributed by atoms with van der Waals surface area (Å²) in [5, 5.41) is 13.9. The molecule has 124 valence electrons. The van der Waals surface area contributed by atoms with E-state index >= 15 is 0 Å². The van der Waals surface area contributed by atoms with Crippen molar-refractivity contribution in [1.82, 2.24) is 19.6 Å². The summed E-state index contributed by atoms with van der Waals surface area (Å²) < 4.78 is 1.91. The molecule has 0 amide bonds. The average Bonchev–Trinajstić information content (AvgIpc) is 3.10. The van der Waals surface area contributed by atoms with Crippen LogP contribution in [0.5, 0.6) is 0 Å². The molecule has 1 saturated heterocycles. The zero-order valence-electron chi connectivity index (χ0n) is 14.0. The van der Waals surface area contributed by atoms with Gasteiger partial charge in [-0.15, -0.1) is 0 Å². The summed E-state index contributed by atoms with van der Waals surface area (Å²) in [7, 11) is 1.99. The van der Waals surface area contributed by atoms with Gasteiger partial charge in [-0.25, -0.2) is 0 Å². The van der Waals surface area contributed by atoms with Crippen molar-refractivity contribution in [2.24, 2.45) is 7.05 Å². The Kier molecular flexibility index (Phi) is 5.16. The highest BCUT2D eigenvalue weighted by atomic mass is 16.3. The molecule has 5 heteroatoms. The third kappa shape index (κ3) is 3.53. The van der Waals surface area contributed by atoms with Gasteiger partial charge in [-0.2, -0.15) is 5.10 Å². The van der Waals surface area contributed by atoms with Crippen LogP contribution in [0, 0.1) is 6.92 Å². The quantitative estimate of drug-likeness (QED) is 0.896. The molecule has 1 atom stereocenters. The second-order valence-corrected chi connectivity index (χ2v) is 6.99. The molecule has 0 radical (unpaired) electrons. The number of piperazine rings is 1. The second-order valence-electron chi connectivity index (χ2n) is 6.99. The van der Waals surface area contributed by atoms with Gasteiger partial charge >= 0.3 is 0 Å². The molecule has 0 unspecified atom stereocenters. The summed E-state index contributed by atoms with van der Waals surface area (Å²) in [5.41, 5.74) is 2.47. The van der Waals surface area contributed by atoms with E-state index in [1.807, 2.05) is 11.7 Å². The Morgan fingerprint density at radius 1 is 1.27 bits per heavy atom. The van der Waals surface area contributed by atoms with E-state index in [2.05, 4.69) is 28.0 Å². The van der Waals surface area contributed by atoms with E-state index in [0.29, 0.717) is 12.6 Å². The summed E-state index contributed by atoms with van der Waals surface area (Å²) in [6, 6.07) is 1.28. The molecule has 1 aliphatic carbocycles. The topological polar surface area (TPSA) is 44.5 Å². The van der Waals surface area contributed by atoms with Crippen LogP contribution in [0.15, 0.2) is 6.20 Å². The smallest absolute Gasteiger partial charge is 0.0638 e. The van der Waals surface area contributed by atoms with Gasteiger partial charge in [0.15, 0.2) is 0 Å². The van der Waals surface area contributed by atoms with E-state index in [1.54, 1.807) is 0 Å². The van der Waals surface area contributed by atoms with Crippen molar-refractivity contribution in [1.29, 1.82) is 0 Å². The zero-order valence-corrected chi connectivity index (χ0v) is 14.0. The van der Waals surface area contributed by atoms with Gasteiger partial charge in [-0.1, -0.05) is 12.8 Å². The second kappa shape index (κ2) is 7.11. The Morgan fingerprint density at radius 2 is 2.05 bits per heavy atom. The Balaban J connectivity index is 1.63. The zero-order chi connectivity index (χ0) is 15.5. The number of rotatable bonds is 5. The highest BCUT2D eigenvalue weighted by Gasteiger charge is 2.33. The molecule has 1 aromatic rings. The monoisotopic (exact) mass is 306 g/mol. The number of hydrogen-bond acceptors (Lipinski definition) is 4. The fraction of sp³-hybridized carbons (Fsp3) is 0.824. The molecule has 1 aromatic heterocycles. The molecule has 1 aliphatic heterocycles. The van der Waals surface area contributed by atoms with Crippen LogP contribution in [0.4, 0.5) is 0 Å². The van der Waals surface area contributed by atoms with Crippen LogP contribution >= 0.6 is 0 Å². The van der Waals surface area contributed by atoms with E-state index in [0.717, 1.165) is 44.3 Å². The standard InChI is InChI=1S/C17H30N4O/c1-14-15(11-19(2)18-14)12-20-8-9-21(16-5-3-4-6-16)17(13-20)7-10-22/h11,16-17,22H,3-10,12-13H2,1-2H3/t17-/m1/s1. The molecule has 5 nitrogen and oxygen atoms in total. The predicted octanol–water partition coefficient (Wildman–Crippen LogP) is 1.54. The highest BCUT2D eigenvalue weighted by Crippen LogP contribution is 2.28. The minimum Gasteiger partial charge on any atom is -0.396 e. The van der Waals surface area contributed by atoms with Gasteiger partial charge in [-0.3, -0.25) is 14.5 Å². The highest BCUT2D eigenvalue weighted by molar-refractivity contribution is 5.15. The maximum atomic E-state index is 9.44. The van der Waals surface area contributed by atoms with E-state index in [-0.39, 0.29) is 0 Å². The van der Waals surface area contributed by atoms with Crippen molar-refractivity contribution >= 4 is 0 Å². The van der Waals surface area contributed by atoms with Crippen LogP contribution in [0.1, 0.15) is 43.4 Å². The van der Waals surface area contributed by atoms with E-state index < -0.39 is 0 Å². The molecule has 2 heterocycles. The first-order chi connectivity index (χ1) is 10.7. The first-order valence-corrected chi connectivity index (χ1v) is 8.75. The average molecular weight is 306 g/mol. The van der Waals surface area contributed by atoms with Crippen LogP contribution in [0.3, 0.4) is 0 Å². The first-order valence-electron chi connectivity index (χ1n) is 8.75. The van der Waals surface area contributed by atoms with Crippen molar-refractivity contribution in [3.05, 3.63) is 17.5 Å². The van der Waals surface area contributed by atoms with Crippen LogP contribution in [-0.2, 0) is 13.6 Å². The molecule has 2 aliphatic rings. The van der Waals surface area contributed by atoms with Gasteiger partial charge in [0.1, 0.15) is 0 Å². The van der Waals surface area contributed by atoms with Crippen LogP contribution < -0.4 is 0 Å². The number of aryl methyl sites for hydroxylation is 2. The molecular weight excluding hydrogens is 276 g/mol. The van der Waals surface area contributed by atoms with Gasteiger partial charge in [0, 0.05) is 63.7 Å². The van der Waals surface area contributed by atoms with Gasteiger partial charge in [0.2, 0.25) is 0 Å². The van der Waals surface area contributed by atoms with Gasteiger partial charge in [0.05, 0.1) is 5.69 Å². The predicted molar refractivity (Wildman–Crippen MR) is 87.7 cm³/mol. The first kappa shape index (κ1) is 16.0. The van der Waals surface area contributed by atoms with Crippen molar-refractivity contribution in [3.63, 3.8) is 0 Å². The molecule has 22 heavy (non-hydrogen) atoms. The number of nitrogens with zero attached hydrogens (tertiary/aromatic N) is 4. The van der Waals surface area contributed by atoms with Crippen LogP contribution in [0.25, 0.3) is 0 Å². The fourth-order valence-corrected chi connectivity index (χ4v) is 4.24. The number of aliphatic hydroxyl groups is 1. The lowest BCUT2D eigenvalue weighted by Crippen LogP contribution is -2.56. The Morgan fingerprint density at radius 3 is 2.68 bits per heavy atom. The number of hydrogen-bond donors (Lipinski definition) is 1. The third-order valence-electron chi connectivity index (χ3n) is 5.38. The van der Waals surface area contributed by atoms with Crippen LogP contribution in [0.2, 0.25) is 0 Å². The van der Waals surface area contributed by atoms with E-state index in [1.165, 1.54) is 31.2 Å². The summed E-state index contributed by atoms with van der Waals surface area (Å²) in [4.78, 5) is 5.23. The molecular formula is C17H30N4O. The van der Waals surface area contributed by atoms with Gasteiger partial charge in [0.25, 0.3) is 0 Å². The lowest BCUT2D eigenvalue weighted by molar-refractivity contribution is 0.0266. The van der Waals surface area contributed by atoms with E-state index in [4.69, 9.17) is 0 Å². The molecule has 0 aromatic carbocycles.